The summed E-state index contributed by atoms with van der Waals surface area (Å²) in [4.78, 5) is 13.4. The summed E-state index contributed by atoms with van der Waals surface area (Å²) in [6, 6.07) is 0.449. The fourth-order valence-electron chi connectivity index (χ4n) is 3.68. The van der Waals surface area contributed by atoms with Gasteiger partial charge in [0.25, 0.3) is 0 Å². The normalized spacial score (nSPS) is 33.3. The van der Waals surface area contributed by atoms with E-state index in [0.717, 1.165) is 45.2 Å². The van der Waals surface area contributed by atoms with Crippen LogP contribution in [0.2, 0.25) is 0 Å². The highest BCUT2D eigenvalue weighted by molar-refractivity contribution is 5.38. The maximum atomic E-state index is 5.98. The van der Waals surface area contributed by atoms with E-state index < -0.39 is 0 Å². The summed E-state index contributed by atoms with van der Waals surface area (Å²) in [5, 5.41) is 0. The molecule has 0 spiro atoms. The van der Waals surface area contributed by atoms with E-state index in [4.69, 9.17) is 9.47 Å². The van der Waals surface area contributed by atoms with Crippen LogP contribution >= 0.6 is 0 Å². The Bertz CT molecular complexity index is 466. The maximum Gasteiger partial charge on any atom is 0.147 e. The van der Waals surface area contributed by atoms with Crippen LogP contribution in [0.4, 0.5) is 5.82 Å². The number of fused-ring (bicyclic) bond motifs is 1. The van der Waals surface area contributed by atoms with Crippen LogP contribution in [0.15, 0.2) is 18.6 Å². The highest BCUT2D eigenvalue weighted by atomic mass is 16.5. The van der Waals surface area contributed by atoms with Gasteiger partial charge in [0.05, 0.1) is 31.1 Å². The van der Waals surface area contributed by atoms with Gasteiger partial charge in [0.15, 0.2) is 0 Å². The Morgan fingerprint density at radius 3 is 3.00 bits per heavy atom. The average molecular weight is 290 g/mol. The van der Waals surface area contributed by atoms with Gasteiger partial charge in [0.2, 0.25) is 0 Å². The minimum Gasteiger partial charge on any atom is -0.377 e. The van der Waals surface area contributed by atoms with Crippen molar-refractivity contribution in [2.75, 3.05) is 44.3 Å². The molecular formula is C15H22N4O2. The van der Waals surface area contributed by atoms with Gasteiger partial charge in [-0.2, -0.15) is 0 Å². The monoisotopic (exact) mass is 290 g/mol. The van der Waals surface area contributed by atoms with Crippen molar-refractivity contribution in [3.8, 4) is 0 Å². The van der Waals surface area contributed by atoms with Crippen molar-refractivity contribution in [3.05, 3.63) is 18.6 Å². The molecule has 1 unspecified atom stereocenters. The third-order valence-corrected chi connectivity index (χ3v) is 4.75. The smallest absolute Gasteiger partial charge is 0.147 e. The van der Waals surface area contributed by atoms with Crippen molar-refractivity contribution in [1.29, 1.82) is 0 Å². The standard InChI is InChI=1S/C15H22N4O2/c1-2-12(20-6-1)9-18-5-7-21-14-11-19(10-13(14)18)15-8-16-3-4-17-15/h3-4,8,12-14H,1-2,5-7,9-11H2/t12?,13-,14+/m0/s1. The zero-order valence-corrected chi connectivity index (χ0v) is 12.2. The largest absolute Gasteiger partial charge is 0.377 e. The second-order valence-corrected chi connectivity index (χ2v) is 6.08. The van der Waals surface area contributed by atoms with E-state index in [1.165, 1.54) is 12.8 Å². The molecule has 0 saturated carbocycles. The van der Waals surface area contributed by atoms with E-state index in [1.54, 1.807) is 12.4 Å². The number of morpholine rings is 1. The van der Waals surface area contributed by atoms with Gasteiger partial charge in [-0.25, -0.2) is 4.98 Å². The lowest BCUT2D eigenvalue weighted by Gasteiger charge is -2.37. The van der Waals surface area contributed by atoms with E-state index in [2.05, 4.69) is 19.8 Å². The predicted octanol–water partition coefficient (Wildman–Crippen LogP) is 0.545. The summed E-state index contributed by atoms with van der Waals surface area (Å²) < 4.78 is 11.8. The molecule has 6 nitrogen and oxygen atoms in total. The molecule has 3 atom stereocenters. The first-order valence-corrected chi connectivity index (χ1v) is 7.88. The van der Waals surface area contributed by atoms with Gasteiger partial charge < -0.3 is 14.4 Å². The summed E-state index contributed by atoms with van der Waals surface area (Å²) in [6.07, 6.45) is 8.39. The van der Waals surface area contributed by atoms with Crippen molar-refractivity contribution in [1.82, 2.24) is 14.9 Å². The molecule has 0 aromatic carbocycles. The third-order valence-electron chi connectivity index (χ3n) is 4.75. The predicted molar refractivity (Wildman–Crippen MR) is 78.3 cm³/mol. The molecular weight excluding hydrogens is 268 g/mol. The lowest BCUT2D eigenvalue weighted by Crippen LogP contribution is -2.52. The molecule has 0 aliphatic carbocycles. The lowest BCUT2D eigenvalue weighted by molar-refractivity contribution is -0.0612. The number of nitrogens with zero attached hydrogens (tertiary/aromatic N) is 4. The van der Waals surface area contributed by atoms with E-state index in [1.807, 2.05) is 6.20 Å². The summed E-state index contributed by atoms with van der Waals surface area (Å²) in [5.74, 6) is 0.951. The van der Waals surface area contributed by atoms with Crippen LogP contribution in [0, 0.1) is 0 Å². The van der Waals surface area contributed by atoms with Crippen LogP contribution in [0.1, 0.15) is 12.8 Å². The van der Waals surface area contributed by atoms with E-state index in [9.17, 15) is 0 Å². The van der Waals surface area contributed by atoms with Crippen LogP contribution in [-0.2, 0) is 9.47 Å². The summed E-state index contributed by atoms with van der Waals surface area (Å²) in [5.41, 5.74) is 0. The Kier molecular flexibility index (Phi) is 3.75. The molecule has 0 amide bonds. The van der Waals surface area contributed by atoms with Crippen LogP contribution in [-0.4, -0.2) is 72.5 Å². The Hall–Kier alpha value is -1.24. The number of ether oxygens (including phenoxy) is 2. The van der Waals surface area contributed by atoms with E-state index in [0.29, 0.717) is 12.1 Å². The topological polar surface area (TPSA) is 50.7 Å². The summed E-state index contributed by atoms with van der Waals surface area (Å²) >= 11 is 0. The molecule has 1 aromatic rings. The molecule has 4 rings (SSSR count). The summed E-state index contributed by atoms with van der Waals surface area (Å²) in [7, 11) is 0. The van der Waals surface area contributed by atoms with Gasteiger partial charge in [0, 0.05) is 45.2 Å². The molecule has 3 aliphatic rings. The first-order valence-electron chi connectivity index (χ1n) is 7.88. The fraction of sp³-hybridized carbons (Fsp3) is 0.733. The molecule has 0 N–H and O–H groups in total. The molecule has 0 bridgehead atoms. The molecule has 1 aromatic heterocycles. The first-order chi connectivity index (χ1) is 10.4. The number of hydrogen-bond acceptors (Lipinski definition) is 6. The van der Waals surface area contributed by atoms with Crippen molar-refractivity contribution in [3.63, 3.8) is 0 Å². The van der Waals surface area contributed by atoms with Gasteiger partial charge in [-0.1, -0.05) is 0 Å². The van der Waals surface area contributed by atoms with Crippen molar-refractivity contribution in [2.24, 2.45) is 0 Å². The number of hydrogen-bond donors (Lipinski definition) is 0. The second kappa shape index (κ2) is 5.87. The van der Waals surface area contributed by atoms with E-state index in [-0.39, 0.29) is 6.10 Å². The Labute approximate surface area is 125 Å². The maximum absolute atomic E-state index is 5.98. The Balaban J connectivity index is 1.44. The molecule has 3 aliphatic heterocycles. The molecule has 3 saturated heterocycles. The van der Waals surface area contributed by atoms with Crippen molar-refractivity contribution in [2.45, 2.75) is 31.1 Å². The van der Waals surface area contributed by atoms with E-state index >= 15 is 0 Å². The van der Waals surface area contributed by atoms with Gasteiger partial charge >= 0.3 is 0 Å². The molecule has 0 radical (unpaired) electrons. The highest BCUT2D eigenvalue weighted by Crippen LogP contribution is 2.27. The van der Waals surface area contributed by atoms with Crippen LogP contribution < -0.4 is 4.90 Å². The van der Waals surface area contributed by atoms with Crippen molar-refractivity contribution < 1.29 is 9.47 Å². The number of aromatic nitrogens is 2. The van der Waals surface area contributed by atoms with Crippen molar-refractivity contribution >= 4 is 5.82 Å². The van der Waals surface area contributed by atoms with Gasteiger partial charge in [0.1, 0.15) is 5.82 Å². The van der Waals surface area contributed by atoms with Crippen LogP contribution in [0.25, 0.3) is 0 Å². The van der Waals surface area contributed by atoms with Gasteiger partial charge in [-0.05, 0) is 12.8 Å². The molecule has 6 heteroatoms. The Morgan fingerprint density at radius 1 is 1.19 bits per heavy atom. The Morgan fingerprint density at radius 2 is 2.19 bits per heavy atom. The molecule has 3 fully saturated rings. The van der Waals surface area contributed by atoms with Crippen LogP contribution in [0.3, 0.4) is 0 Å². The van der Waals surface area contributed by atoms with Gasteiger partial charge in [-0.15, -0.1) is 0 Å². The molecule has 4 heterocycles. The summed E-state index contributed by atoms with van der Waals surface area (Å²) in [6.45, 7) is 5.67. The first kappa shape index (κ1) is 13.4. The minimum absolute atomic E-state index is 0.280. The minimum atomic E-state index is 0.280. The average Bonchev–Trinajstić information content (AvgIpc) is 3.17. The lowest BCUT2D eigenvalue weighted by atomic mass is 10.1. The van der Waals surface area contributed by atoms with Crippen LogP contribution in [0.5, 0.6) is 0 Å². The SMILES string of the molecule is c1cnc(N2C[C@H]3OCCN(CC4CCCO4)[C@H]3C2)cn1. The fourth-order valence-corrected chi connectivity index (χ4v) is 3.68. The molecule has 21 heavy (non-hydrogen) atoms. The quantitative estimate of drug-likeness (QED) is 0.810. The number of rotatable bonds is 3. The second-order valence-electron chi connectivity index (χ2n) is 6.08. The highest BCUT2D eigenvalue weighted by Gasteiger charge is 2.41. The zero-order chi connectivity index (χ0) is 14.1. The third kappa shape index (κ3) is 2.75. The van der Waals surface area contributed by atoms with Gasteiger partial charge in [-0.3, -0.25) is 9.88 Å². The zero-order valence-electron chi connectivity index (χ0n) is 12.2. The molecule has 114 valence electrons. The number of anilines is 1.